The Balaban J connectivity index is 1.17. The van der Waals surface area contributed by atoms with Crippen molar-refractivity contribution < 1.29 is 5.11 Å². The number of rotatable bonds is 3. The topological polar surface area (TPSA) is 20.2 Å². The summed E-state index contributed by atoms with van der Waals surface area (Å²) in [6, 6.07) is 50.4. The molecule has 1 heterocycles. The molecule has 1 N–H and O–H groups in total. The maximum Gasteiger partial charge on any atom is 0.131 e. The minimum atomic E-state index is -0.184. The highest BCUT2D eigenvalue weighted by atomic mass is 32.1. The quantitative estimate of drug-likeness (QED) is 0.190. The van der Waals surface area contributed by atoms with Crippen LogP contribution in [0.25, 0.3) is 58.4 Å². The minimum Gasteiger partial charge on any atom is -0.507 e. The molecule has 0 saturated heterocycles. The molecule has 10 rings (SSSR count). The number of thiophene rings is 1. The maximum atomic E-state index is 11.2. The molecule has 0 radical (unpaired) electrons. The zero-order chi connectivity index (χ0) is 32.7. The normalized spacial score (nSPS) is 18.4. The van der Waals surface area contributed by atoms with E-state index in [-0.39, 0.29) is 11.3 Å². The molecule has 1 aromatic heterocycles. The van der Waals surface area contributed by atoms with Crippen LogP contribution >= 0.6 is 11.3 Å². The van der Waals surface area contributed by atoms with Gasteiger partial charge in [0.15, 0.2) is 0 Å². The Labute approximate surface area is 289 Å². The van der Waals surface area contributed by atoms with Gasteiger partial charge in [0.05, 0.1) is 0 Å². The van der Waals surface area contributed by atoms with Crippen molar-refractivity contribution in [2.75, 3.05) is 0 Å². The van der Waals surface area contributed by atoms with Gasteiger partial charge in [0.2, 0.25) is 0 Å². The SMILES string of the molecule is CC12C=CC=CC1=C(c1ccc3sc4cc(-c5c6ccccc6c(O)c6ccccc56)ccc4c3c1)c1ccccc1C2c1ccccc1. The van der Waals surface area contributed by atoms with Gasteiger partial charge in [0, 0.05) is 42.3 Å². The van der Waals surface area contributed by atoms with E-state index in [0.29, 0.717) is 5.75 Å². The van der Waals surface area contributed by atoms with Crippen molar-refractivity contribution in [3.8, 4) is 16.9 Å². The largest absolute Gasteiger partial charge is 0.507 e. The molecule has 2 atom stereocenters. The Hall–Kier alpha value is -5.70. The van der Waals surface area contributed by atoms with Gasteiger partial charge >= 0.3 is 0 Å². The van der Waals surface area contributed by atoms with Crippen LogP contribution in [-0.2, 0) is 0 Å². The highest BCUT2D eigenvalue weighted by Crippen LogP contribution is 2.57. The van der Waals surface area contributed by atoms with Gasteiger partial charge in [-0.05, 0) is 73.5 Å². The van der Waals surface area contributed by atoms with Crippen LogP contribution in [0.5, 0.6) is 5.75 Å². The zero-order valence-corrected chi connectivity index (χ0v) is 27.8. The number of benzene rings is 7. The number of fused-ring (bicyclic) bond motifs is 7. The van der Waals surface area contributed by atoms with E-state index in [4.69, 9.17) is 0 Å². The molecule has 8 aromatic rings. The summed E-state index contributed by atoms with van der Waals surface area (Å²) >= 11 is 1.85. The second-order valence-corrected chi connectivity index (χ2v) is 14.6. The Bertz CT molecular complexity index is 2680. The van der Waals surface area contributed by atoms with Gasteiger partial charge < -0.3 is 5.11 Å². The first-order valence-corrected chi connectivity index (χ1v) is 17.8. The van der Waals surface area contributed by atoms with E-state index in [1.165, 1.54) is 64.7 Å². The Morgan fingerprint density at radius 1 is 0.571 bits per heavy atom. The fourth-order valence-electron chi connectivity index (χ4n) is 8.71. The summed E-state index contributed by atoms with van der Waals surface area (Å²) < 4.78 is 2.55. The number of hydrogen-bond donors (Lipinski definition) is 1. The highest BCUT2D eigenvalue weighted by molar-refractivity contribution is 7.25. The van der Waals surface area contributed by atoms with Crippen molar-refractivity contribution in [3.05, 3.63) is 192 Å². The molecule has 2 unspecified atom stereocenters. The lowest BCUT2D eigenvalue weighted by atomic mass is 9.58. The molecule has 0 amide bonds. The molecular weight excluding hydrogens is 613 g/mol. The Morgan fingerprint density at radius 2 is 1.24 bits per heavy atom. The lowest BCUT2D eigenvalue weighted by molar-refractivity contribution is 0.448. The minimum absolute atomic E-state index is 0.184. The van der Waals surface area contributed by atoms with Gasteiger partial charge in [-0.15, -0.1) is 11.3 Å². The average molecular weight is 645 g/mol. The smallest absolute Gasteiger partial charge is 0.131 e. The van der Waals surface area contributed by atoms with Crippen molar-refractivity contribution in [1.82, 2.24) is 0 Å². The molecule has 0 spiro atoms. The molecule has 7 aromatic carbocycles. The lowest BCUT2D eigenvalue weighted by Crippen LogP contribution is -2.32. The van der Waals surface area contributed by atoms with E-state index < -0.39 is 0 Å². The van der Waals surface area contributed by atoms with Crippen LogP contribution in [0.3, 0.4) is 0 Å². The van der Waals surface area contributed by atoms with Gasteiger partial charge in [-0.2, -0.15) is 0 Å². The maximum absolute atomic E-state index is 11.2. The second kappa shape index (κ2) is 10.7. The zero-order valence-electron chi connectivity index (χ0n) is 27.0. The van der Waals surface area contributed by atoms with E-state index >= 15 is 0 Å². The summed E-state index contributed by atoms with van der Waals surface area (Å²) in [4.78, 5) is 0. The van der Waals surface area contributed by atoms with Crippen LogP contribution in [-0.4, -0.2) is 5.11 Å². The van der Waals surface area contributed by atoms with Crippen LogP contribution < -0.4 is 0 Å². The second-order valence-electron chi connectivity index (χ2n) is 13.6. The molecule has 2 heteroatoms. The average Bonchev–Trinajstić information content (AvgIpc) is 3.51. The van der Waals surface area contributed by atoms with E-state index in [2.05, 4.69) is 146 Å². The van der Waals surface area contributed by atoms with Crippen LogP contribution in [0.4, 0.5) is 0 Å². The third-order valence-corrected chi connectivity index (χ3v) is 12.0. The van der Waals surface area contributed by atoms with Crippen molar-refractivity contribution in [2.45, 2.75) is 12.8 Å². The number of aromatic hydroxyl groups is 1. The molecule has 0 bridgehead atoms. The van der Waals surface area contributed by atoms with Crippen LogP contribution in [0, 0.1) is 5.41 Å². The fraction of sp³-hybridized carbons (Fsp3) is 0.0638. The van der Waals surface area contributed by atoms with Crippen molar-refractivity contribution >= 4 is 58.6 Å². The molecule has 232 valence electrons. The third kappa shape index (κ3) is 4.11. The summed E-state index contributed by atoms with van der Waals surface area (Å²) in [6.45, 7) is 2.41. The van der Waals surface area contributed by atoms with E-state index in [1.54, 1.807) is 0 Å². The molecule has 2 aliphatic rings. The van der Waals surface area contributed by atoms with Crippen molar-refractivity contribution in [2.24, 2.45) is 5.41 Å². The third-order valence-electron chi connectivity index (χ3n) is 10.9. The van der Waals surface area contributed by atoms with Crippen molar-refractivity contribution in [1.29, 1.82) is 0 Å². The van der Waals surface area contributed by atoms with Gasteiger partial charge in [-0.1, -0.05) is 153 Å². The standard InChI is InChI=1S/C47H32OS/c1-47-26-12-11-21-40(47)44(33-15-5-8-18-36(33)45(47)29-13-3-2-4-14-29)30-23-25-41-39(27-30)32-24-22-31(28-42(32)49-41)43-34-16-6-9-19-37(34)46(48)38-20-10-7-17-35(38)43/h2-28,45,48H,1H3. The Morgan fingerprint density at radius 3 is 2.02 bits per heavy atom. The van der Waals surface area contributed by atoms with Gasteiger partial charge in [-0.25, -0.2) is 0 Å². The highest BCUT2D eigenvalue weighted by Gasteiger charge is 2.44. The lowest BCUT2D eigenvalue weighted by Gasteiger charge is -2.44. The molecule has 0 saturated carbocycles. The first kappa shape index (κ1) is 28.3. The first-order chi connectivity index (χ1) is 24.1. The van der Waals surface area contributed by atoms with E-state index in [1.807, 2.05) is 35.6 Å². The summed E-state index contributed by atoms with van der Waals surface area (Å²) in [5, 5.41) is 17.7. The summed E-state index contributed by atoms with van der Waals surface area (Å²) in [5.74, 6) is 0.570. The van der Waals surface area contributed by atoms with E-state index in [0.717, 1.165) is 21.5 Å². The molecule has 2 aliphatic carbocycles. The van der Waals surface area contributed by atoms with Gasteiger partial charge in [-0.3, -0.25) is 0 Å². The van der Waals surface area contributed by atoms with Gasteiger partial charge in [0.25, 0.3) is 0 Å². The van der Waals surface area contributed by atoms with Crippen LogP contribution in [0.1, 0.15) is 35.1 Å². The van der Waals surface area contributed by atoms with Crippen molar-refractivity contribution in [3.63, 3.8) is 0 Å². The fourth-order valence-corrected chi connectivity index (χ4v) is 9.84. The molecule has 0 fully saturated rings. The van der Waals surface area contributed by atoms with E-state index in [9.17, 15) is 5.11 Å². The summed E-state index contributed by atoms with van der Waals surface area (Å²) in [6.07, 6.45) is 9.17. The number of allylic oxidation sites excluding steroid dienone is 5. The monoisotopic (exact) mass is 644 g/mol. The van der Waals surface area contributed by atoms with Crippen LogP contribution in [0.15, 0.2) is 169 Å². The molecule has 49 heavy (non-hydrogen) atoms. The number of phenols is 1. The number of phenolic OH excluding ortho intramolecular Hbond substituents is 1. The summed E-state index contributed by atoms with van der Waals surface area (Å²) in [5.41, 5.74) is 10.1. The first-order valence-electron chi connectivity index (χ1n) is 16.9. The molecule has 1 nitrogen and oxygen atoms in total. The number of hydrogen-bond acceptors (Lipinski definition) is 2. The van der Waals surface area contributed by atoms with Gasteiger partial charge in [0.1, 0.15) is 5.75 Å². The molecular formula is C47H32OS. The predicted octanol–water partition coefficient (Wildman–Crippen LogP) is 12.8. The summed E-state index contributed by atoms with van der Waals surface area (Å²) in [7, 11) is 0. The predicted molar refractivity (Wildman–Crippen MR) is 209 cm³/mol. The van der Waals surface area contributed by atoms with Crippen LogP contribution in [0.2, 0.25) is 0 Å². The molecule has 0 aliphatic heterocycles. The Kier molecular flexibility index (Phi) is 6.16.